The maximum Gasteiger partial charge on any atom is 0.273 e. The fraction of sp³-hybridized carbons (Fsp3) is 0.538. The molecule has 0 aliphatic heterocycles. The van der Waals surface area contributed by atoms with Crippen LogP contribution in [0, 0.1) is 16.0 Å². The Bertz CT molecular complexity index is 423. The van der Waals surface area contributed by atoms with Crippen molar-refractivity contribution in [3.05, 3.63) is 33.3 Å². The Balaban J connectivity index is 2.36. The number of nitro groups is 1. The Labute approximate surface area is 117 Å². The molecule has 19 heavy (non-hydrogen) atoms. The summed E-state index contributed by atoms with van der Waals surface area (Å²) >= 11 is 5.89. The number of halogens is 1. The summed E-state index contributed by atoms with van der Waals surface area (Å²) in [5.74, 6) is 0.912. The van der Waals surface area contributed by atoms with Gasteiger partial charge >= 0.3 is 0 Å². The molecule has 0 heterocycles. The third-order valence-electron chi connectivity index (χ3n) is 2.45. The molecule has 0 aliphatic carbocycles. The topological polar surface area (TPSA) is 61.6 Å². The molecule has 6 heteroatoms. The molecule has 0 radical (unpaired) electrons. The summed E-state index contributed by atoms with van der Waals surface area (Å²) in [7, 11) is 0. The largest absolute Gasteiger partial charge is 0.489 e. The minimum absolute atomic E-state index is 0.0415. The second-order valence-electron chi connectivity index (χ2n) is 4.52. The standard InChI is InChI=1S/C13H18ClNO4/c1-10(2)5-6-18-7-8-19-13-9-11(15(16)17)3-4-12(13)14/h3-4,9-10H,5-8H2,1-2H3. The lowest BCUT2D eigenvalue weighted by molar-refractivity contribution is -0.384. The molecular formula is C13H18ClNO4. The van der Waals surface area contributed by atoms with Crippen molar-refractivity contribution >= 4 is 17.3 Å². The molecular weight excluding hydrogens is 270 g/mol. The first-order valence-electron chi connectivity index (χ1n) is 6.15. The van der Waals surface area contributed by atoms with E-state index in [-0.39, 0.29) is 5.69 Å². The van der Waals surface area contributed by atoms with E-state index in [1.807, 2.05) is 0 Å². The molecule has 0 aliphatic rings. The van der Waals surface area contributed by atoms with Gasteiger partial charge in [-0.15, -0.1) is 0 Å². The Morgan fingerprint density at radius 2 is 2.05 bits per heavy atom. The highest BCUT2D eigenvalue weighted by molar-refractivity contribution is 6.32. The maximum atomic E-state index is 10.6. The Kier molecular flexibility index (Phi) is 6.59. The molecule has 0 amide bonds. The number of nitrogens with zero attached hydrogens (tertiary/aromatic N) is 1. The molecule has 1 rings (SSSR count). The van der Waals surface area contributed by atoms with Crippen LogP contribution in [0.1, 0.15) is 20.3 Å². The summed E-state index contributed by atoms with van der Waals surface area (Å²) in [5, 5.41) is 11.0. The quantitative estimate of drug-likeness (QED) is 0.415. The Hall–Kier alpha value is -1.33. The van der Waals surface area contributed by atoms with E-state index in [9.17, 15) is 10.1 Å². The number of nitro benzene ring substituents is 1. The van der Waals surface area contributed by atoms with E-state index >= 15 is 0 Å². The number of benzene rings is 1. The third kappa shape index (κ3) is 5.89. The molecule has 0 saturated carbocycles. The zero-order valence-electron chi connectivity index (χ0n) is 11.1. The van der Waals surface area contributed by atoms with E-state index < -0.39 is 4.92 Å². The van der Waals surface area contributed by atoms with Gasteiger partial charge in [-0.05, 0) is 18.4 Å². The fourth-order valence-corrected chi connectivity index (χ4v) is 1.52. The summed E-state index contributed by atoms with van der Waals surface area (Å²) in [4.78, 5) is 10.1. The highest BCUT2D eigenvalue weighted by Crippen LogP contribution is 2.28. The lowest BCUT2D eigenvalue weighted by Crippen LogP contribution is -2.09. The van der Waals surface area contributed by atoms with E-state index in [4.69, 9.17) is 21.1 Å². The van der Waals surface area contributed by atoms with Crippen molar-refractivity contribution in [2.75, 3.05) is 19.8 Å². The second-order valence-corrected chi connectivity index (χ2v) is 4.92. The molecule has 0 bridgehead atoms. The molecule has 0 spiro atoms. The summed E-state index contributed by atoms with van der Waals surface area (Å²) in [6.07, 6.45) is 0.998. The number of non-ortho nitro benzene ring substituents is 1. The molecule has 1 aromatic rings. The van der Waals surface area contributed by atoms with Crippen LogP contribution in [0.2, 0.25) is 5.02 Å². The van der Waals surface area contributed by atoms with E-state index in [0.717, 1.165) is 6.42 Å². The average molecular weight is 288 g/mol. The highest BCUT2D eigenvalue weighted by Gasteiger charge is 2.10. The van der Waals surface area contributed by atoms with Gasteiger partial charge in [0.2, 0.25) is 0 Å². The van der Waals surface area contributed by atoms with Crippen LogP contribution in [0.15, 0.2) is 18.2 Å². The van der Waals surface area contributed by atoms with Crippen molar-refractivity contribution in [3.63, 3.8) is 0 Å². The normalized spacial score (nSPS) is 10.7. The van der Waals surface area contributed by atoms with Crippen LogP contribution in [0.4, 0.5) is 5.69 Å². The van der Waals surface area contributed by atoms with Gasteiger partial charge in [-0.25, -0.2) is 0 Å². The molecule has 1 aromatic carbocycles. The summed E-state index contributed by atoms with van der Waals surface area (Å²) < 4.78 is 10.8. The second kappa shape index (κ2) is 7.96. The summed E-state index contributed by atoms with van der Waals surface area (Å²) in [6.45, 7) is 5.69. The molecule has 0 fully saturated rings. The molecule has 0 atom stereocenters. The minimum atomic E-state index is -0.484. The van der Waals surface area contributed by atoms with Crippen LogP contribution in [-0.2, 0) is 4.74 Å². The van der Waals surface area contributed by atoms with E-state index in [1.54, 1.807) is 0 Å². The van der Waals surface area contributed by atoms with Crippen molar-refractivity contribution in [2.45, 2.75) is 20.3 Å². The van der Waals surface area contributed by atoms with Crippen molar-refractivity contribution in [1.29, 1.82) is 0 Å². The summed E-state index contributed by atoms with van der Waals surface area (Å²) in [6, 6.07) is 4.11. The van der Waals surface area contributed by atoms with Gasteiger partial charge in [-0.2, -0.15) is 0 Å². The van der Waals surface area contributed by atoms with Gasteiger partial charge in [-0.1, -0.05) is 25.4 Å². The molecule has 106 valence electrons. The molecule has 0 unspecified atom stereocenters. The van der Waals surface area contributed by atoms with Crippen LogP contribution >= 0.6 is 11.6 Å². The Morgan fingerprint density at radius 3 is 2.68 bits per heavy atom. The smallest absolute Gasteiger partial charge is 0.273 e. The molecule has 0 aromatic heterocycles. The summed E-state index contributed by atoms with van der Waals surface area (Å²) in [5.41, 5.74) is -0.0415. The van der Waals surface area contributed by atoms with Crippen molar-refractivity contribution in [3.8, 4) is 5.75 Å². The number of ether oxygens (including phenoxy) is 2. The first-order chi connectivity index (χ1) is 9.00. The number of hydrogen-bond donors (Lipinski definition) is 0. The first kappa shape index (κ1) is 15.7. The van der Waals surface area contributed by atoms with E-state index in [0.29, 0.717) is 36.5 Å². The van der Waals surface area contributed by atoms with Gasteiger partial charge in [0.25, 0.3) is 5.69 Å². The SMILES string of the molecule is CC(C)CCOCCOc1cc([N+](=O)[O-])ccc1Cl. The van der Waals surface area contributed by atoms with Gasteiger partial charge in [0.05, 0.1) is 22.6 Å². The van der Waals surface area contributed by atoms with Crippen molar-refractivity contribution in [1.82, 2.24) is 0 Å². The number of hydrogen-bond acceptors (Lipinski definition) is 4. The van der Waals surface area contributed by atoms with Gasteiger partial charge in [0, 0.05) is 12.7 Å². The van der Waals surface area contributed by atoms with Gasteiger partial charge in [-0.3, -0.25) is 10.1 Å². The highest BCUT2D eigenvalue weighted by atomic mass is 35.5. The number of rotatable bonds is 8. The predicted molar refractivity (Wildman–Crippen MR) is 73.9 cm³/mol. The van der Waals surface area contributed by atoms with E-state index in [1.165, 1.54) is 18.2 Å². The first-order valence-corrected chi connectivity index (χ1v) is 6.53. The van der Waals surface area contributed by atoms with E-state index in [2.05, 4.69) is 13.8 Å². The lowest BCUT2D eigenvalue weighted by Gasteiger charge is -2.09. The lowest BCUT2D eigenvalue weighted by atomic mass is 10.1. The predicted octanol–water partition coefficient (Wildman–Crippen LogP) is 3.69. The van der Waals surface area contributed by atoms with Crippen molar-refractivity contribution in [2.24, 2.45) is 5.92 Å². The van der Waals surface area contributed by atoms with Crippen molar-refractivity contribution < 1.29 is 14.4 Å². The Morgan fingerprint density at radius 1 is 1.32 bits per heavy atom. The zero-order valence-corrected chi connectivity index (χ0v) is 11.9. The van der Waals surface area contributed by atoms with Crippen LogP contribution < -0.4 is 4.74 Å². The molecule has 0 N–H and O–H groups in total. The third-order valence-corrected chi connectivity index (χ3v) is 2.76. The van der Waals surface area contributed by atoms with Gasteiger partial charge in [0.1, 0.15) is 12.4 Å². The van der Waals surface area contributed by atoms with Crippen LogP contribution in [-0.4, -0.2) is 24.7 Å². The fourth-order valence-electron chi connectivity index (χ4n) is 1.35. The van der Waals surface area contributed by atoms with Gasteiger partial charge < -0.3 is 9.47 Å². The average Bonchev–Trinajstić information content (AvgIpc) is 2.34. The van der Waals surface area contributed by atoms with Crippen LogP contribution in [0.3, 0.4) is 0 Å². The van der Waals surface area contributed by atoms with Crippen LogP contribution in [0.5, 0.6) is 5.75 Å². The minimum Gasteiger partial charge on any atom is -0.489 e. The van der Waals surface area contributed by atoms with Gasteiger partial charge in [0.15, 0.2) is 0 Å². The zero-order chi connectivity index (χ0) is 14.3. The molecule has 0 saturated heterocycles. The maximum absolute atomic E-state index is 10.6. The van der Waals surface area contributed by atoms with Crippen LogP contribution in [0.25, 0.3) is 0 Å². The monoisotopic (exact) mass is 287 g/mol. The molecule has 5 nitrogen and oxygen atoms in total.